The highest BCUT2D eigenvalue weighted by Gasteiger charge is 2.27. The predicted molar refractivity (Wildman–Crippen MR) is 59.1 cm³/mol. The van der Waals surface area contributed by atoms with Crippen LogP contribution in [0.15, 0.2) is 6.07 Å². The summed E-state index contributed by atoms with van der Waals surface area (Å²) in [4.78, 5) is 0. The van der Waals surface area contributed by atoms with Gasteiger partial charge in [0.15, 0.2) is 0 Å². The number of hydrogen-bond donors (Lipinski definition) is 2. The van der Waals surface area contributed by atoms with E-state index in [1.807, 2.05) is 10.7 Å². The Morgan fingerprint density at radius 1 is 1.13 bits per heavy atom. The van der Waals surface area contributed by atoms with E-state index in [4.69, 9.17) is 5.73 Å². The maximum atomic E-state index is 5.96. The first-order valence-electron chi connectivity index (χ1n) is 5.04. The van der Waals surface area contributed by atoms with Gasteiger partial charge in [-0.3, -0.25) is 5.73 Å². The fraction of sp³-hybridized carbons (Fsp3) is 0.727. The first kappa shape index (κ1) is 14.3. The van der Waals surface area contributed by atoms with E-state index in [0.29, 0.717) is 0 Å². The molecule has 0 fully saturated rings. The minimum atomic E-state index is 0. The highest BCUT2D eigenvalue weighted by atomic mass is 35.5. The number of anilines is 1. The van der Waals surface area contributed by atoms with Crippen molar-refractivity contribution in [3.63, 3.8) is 0 Å². The highest BCUT2D eigenvalue weighted by molar-refractivity contribution is 5.26. The van der Waals surface area contributed by atoms with Crippen molar-refractivity contribution in [3.05, 3.63) is 11.8 Å². The van der Waals surface area contributed by atoms with Crippen molar-refractivity contribution >= 4 is 5.82 Å². The Kier molecular flexibility index (Phi) is 3.86. The second kappa shape index (κ2) is 4.05. The molecule has 1 heterocycles. The number of nitrogens with two attached hydrogens (primary N) is 1. The maximum absolute atomic E-state index is 5.96. The van der Waals surface area contributed by atoms with Crippen LogP contribution in [0.5, 0.6) is 0 Å². The van der Waals surface area contributed by atoms with Crippen molar-refractivity contribution in [2.75, 3.05) is 5.73 Å². The molecule has 0 aliphatic heterocycles. The highest BCUT2D eigenvalue weighted by Crippen LogP contribution is 2.21. The van der Waals surface area contributed by atoms with Crippen LogP contribution in [0.1, 0.15) is 47.2 Å². The molecule has 0 atom stereocenters. The van der Waals surface area contributed by atoms with E-state index in [-0.39, 0.29) is 23.4 Å². The lowest BCUT2D eigenvalue weighted by Crippen LogP contribution is -3.00. The summed E-state index contributed by atoms with van der Waals surface area (Å²) in [7, 11) is 0. The fourth-order valence-electron chi connectivity index (χ4n) is 1.37. The van der Waals surface area contributed by atoms with Gasteiger partial charge in [0.1, 0.15) is 5.54 Å². The van der Waals surface area contributed by atoms with Gasteiger partial charge in [0.2, 0.25) is 0 Å². The normalized spacial score (nSPS) is 12.4. The average Bonchev–Trinajstić information content (AvgIpc) is 2.27. The lowest BCUT2D eigenvalue weighted by atomic mass is 9.92. The van der Waals surface area contributed by atoms with Gasteiger partial charge in [0.05, 0.1) is 11.8 Å². The van der Waals surface area contributed by atoms with Crippen LogP contribution in [0.25, 0.3) is 0 Å². The van der Waals surface area contributed by atoms with Crippen LogP contribution in [0.4, 0.5) is 5.82 Å². The van der Waals surface area contributed by atoms with E-state index in [9.17, 15) is 0 Å². The number of hydrogen-bond acceptors (Lipinski definition) is 1. The number of nitrogen functional groups attached to an aromatic ring is 1. The van der Waals surface area contributed by atoms with Crippen LogP contribution < -0.4 is 22.8 Å². The van der Waals surface area contributed by atoms with Gasteiger partial charge in [-0.1, -0.05) is 20.8 Å². The molecule has 0 saturated carbocycles. The number of rotatable bonds is 0. The lowest BCUT2D eigenvalue weighted by molar-refractivity contribution is -0.790. The van der Waals surface area contributed by atoms with Gasteiger partial charge in [-0.05, 0) is 20.8 Å². The minimum absolute atomic E-state index is 0. The molecule has 15 heavy (non-hydrogen) atoms. The second-order valence-electron chi connectivity index (χ2n) is 5.85. The first-order chi connectivity index (χ1) is 6.12. The topological polar surface area (TPSA) is 45.7 Å². The summed E-state index contributed by atoms with van der Waals surface area (Å²) in [6.45, 7) is 12.9. The number of halogens is 1. The molecular weight excluding hydrogens is 210 g/mol. The van der Waals surface area contributed by atoms with E-state index in [2.05, 4.69) is 46.6 Å². The predicted octanol–water partition coefficient (Wildman–Crippen LogP) is -1.06. The lowest BCUT2D eigenvalue weighted by Gasteiger charge is -2.17. The van der Waals surface area contributed by atoms with E-state index in [1.54, 1.807) is 0 Å². The fourth-order valence-corrected chi connectivity index (χ4v) is 1.37. The quantitative estimate of drug-likeness (QED) is 0.550. The number of nitrogens with one attached hydrogen (secondary N) is 1. The molecule has 0 bridgehead atoms. The molecule has 3 nitrogen and oxygen atoms in total. The van der Waals surface area contributed by atoms with Crippen molar-refractivity contribution in [1.29, 1.82) is 0 Å². The average molecular weight is 232 g/mol. The van der Waals surface area contributed by atoms with Gasteiger partial charge in [-0.15, -0.1) is 0 Å². The van der Waals surface area contributed by atoms with E-state index < -0.39 is 0 Å². The summed E-state index contributed by atoms with van der Waals surface area (Å²) in [5.41, 5.74) is 7.25. The van der Waals surface area contributed by atoms with Crippen LogP contribution >= 0.6 is 0 Å². The smallest absolute Gasteiger partial charge is 0.293 e. The van der Waals surface area contributed by atoms with E-state index in [0.717, 1.165) is 5.82 Å². The number of H-pyrrole nitrogens is 1. The standard InChI is InChI=1S/C11H21N3.ClH/c1-10(2,3)8-7-9(12)14(13-8)11(4,5)6;/h7H,1-6H3,(H2,12,13);1H. The summed E-state index contributed by atoms with van der Waals surface area (Å²) in [5.74, 6) is 0.794. The van der Waals surface area contributed by atoms with Crippen LogP contribution in [-0.4, -0.2) is 5.10 Å². The molecule has 0 spiro atoms. The molecular formula is C11H22ClN3. The van der Waals surface area contributed by atoms with Gasteiger partial charge >= 0.3 is 0 Å². The van der Waals surface area contributed by atoms with E-state index >= 15 is 0 Å². The zero-order valence-electron chi connectivity index (χ0n) is 10.5. The summed E-state index contributed by atoms with van der Waals surface area (Å²) in [6, 6.07) is 2.02. The molecule has 1 aromatic heterocycles. The third-order valence-electron chi connectivity index (χ3n) is 2.26. The monoisotopic (exact) mass is 231 g/mol. The molecule has 0 unspecified atom stereocenters. The van der Waals surface area contributed by atoms with Gasteiger partial charge in [0.25, 0.3) is 5.82 Å². The third-order valence-corrected chi connectivity index (χ3v) is 2.26. The van der Waals surface area contributed by atoms with Gasteiger partial charge < -0.3 is 12.4 Å². The molecule has 0 aliphatic carbocycles. The summed E-state index contributed by atoms with van der Waals surface area (Å²) >= 11 is 0. The van der Waals surface area contributed by atoms with Crippen molar-refractivity contribution in [1.82, 2.24) is 5.10 Å². The Labute approximate surface area is 98.5 Å². The summed E-state index contributed by atoms with van der Waals surface area (Å²) in [5, 5.41) is 3.35. The summed E-state index contributed by atoms with van der Waals surface area (Å²) < 4.78 is 2.01. The summed E-state index contributed by atoms with van der Waals surface area (Å²) in [6.07, 6.45) is 0. The molecule has 4 heteroatoms. The zero-order chi connectivity index (χ0) is 11.1. The maximum Gasteiger partial charge on any atom is 0.293 e. The molecule has 88 valence electrons. The zero-order valence-corrected chi connectivity index (χ0v) is 11.2. The minimum Gasteiger partial charge on any atom is -1.00 e. The molecule has 0 amide bonds. The largest absolute Gasteiger partial charge is 1.00 e. The Morgan fingerprint density at radius 2 is 1.60 bits per heavy atom. The van der Waals surface area contributed by atoms with Crippen molar-refractivity contribution in [2.45, 2.75) is 52.5 Å². The van der Waals surface area contributed by atoms with Crippen molar-refractivity contribution < 1.29 is 17.1 Å². The number of nitrogens with zero attached hydrogens (tertiary/aromatic N) is 1. The molecule has 0 radical (unpaired) electrons. The SMILES string of the molecule is CC(C)(C)c1cc(N)[n+](C(C)(C)C)[nH]1.[Cl-]. The van der Waals surface area contributed by atoms with Gasteiger partial charge in [0, 0.05) is 5.41 Å². The Balaban J connectivity index is 0.00000196. The third kappa shape index (κ3) is 3.13. The Hall–Kier alpha value is -0.700. The van der Waals surface area contributed by atoms with Crippen LogP contribution in [0, 0.1) is 0 Å². The molecule has 1 rings (SSSR count). The number of aromatic amines is 1. The van der Waals surface area contributed by atoms with E-state index in [1.165, 1.54) is 5.69 Å². The van der Waals surface area contributed by atoms with Crippen LogP contribution in [-0.2, 0) is 11.0 Å². The molecule has 0 saturated heterocycles. The van der Waals surface area contributed by atoms with Gasteiger partial charge in [-0.25, -0.2) is 5.10 Å². The molecule has 0 aliphatic rings. The Morgan fingerprint density at radius 3 is 1.80 bits per heavy atom. The second-order valence-corrected chi connectivity index (χ2v) is 5.85. The number of aromatic nitrogens is 2. The first-order valence-corrected chi connectivity index (χ1v) is 5.04. The molecule has 1 aromatic rings. The molecule has 3 N–H and O–H groups in total. The van der Waals surface area contributed by atoms with Crippen LogP contribution in [0.3, 0.4) is 0 Å². The van der Waals surface area contributed by atoms with Crippen LogP contribution in [0.2, 0.25) is 0 Å². The molecule has 0 aromatic carbocycles. The Bertz CT molecular complexity index is 329. The van der Waals surface area contributed by atoms with Gasteiger partial charge in [-0.2, -0.15) is 4.68 Å². The van der Waals surface area contributed by atoms with Crippen molar-refractivity contribution in [3.8, 4) is 0 Å². The van der Waals surface area contributed by atoms with Crippen molar-refractivity contribution in [2.24, 2.45) is 0 Å².